The van der Waals surface area contributed by atoms with E-state index in [1.165, 1.54) is 203 Å². The fourth-order valence-electron chi connectivity index (χ4n) is 23.0. The second kappa shape index (κ2) is 37.3. The molecule has 0 aliphatic heterocycles. The zero-order valence-corrected chi connectivity index (χ0v) is 81.8. The van der Waals surface area contributed by atoms with E-state index in [2.05, 4.69) is 584 Å². The van der Waals surface area contributed by atoms with Gasteiger partial charge >= 0.3 is 0 Å². The Labute approximate surface area is 867 Å². The summed E-state index contributed by atoms with van der Waals surface area (Å²) in [6.45, 7) is 0. The lowest BCUT2D eigenvalue weighted by atomic mass is 10.0. The molecule has 8 heterocycles. The van der Waals surface area contributed by atoms with Crippen molar-refractivity contribution in [1.82, 2.24) is 37.4 Å². The molecule has 0 amide bonds. The molecular formula is C142H94N8. The molecule has 0 radical (unpaired) electrons. The molecule has 8 nitrogen and oxygen atoms in total. The molecule has 0 saturated heterocycles. The van der Waals surface area contributed by atoms with Crippen molar-refractivity contribution in [3.05, 3.63) is 570 Å². The van der Waals surface area contributed by atoms with Gasteiger partial charge in [-0.2, -0.15) is 0 Å². The van der Waals surface area contributed by atoms with Crippen molar-refractivity contribution in [3.63, 3.8) is 0 Å². The van der Waals surface area contributed by atoms with Crippen LogP contribution < -0.4 is 0 Å². The van der Waals surface area contributed by atoms with E-state index in [1.807, 2.05) is 18.5 Å². The van der Waals surface area contributed by atoms with Crippen molar-refractivity contribution in [2.75, 3.05) is 0 Å². The maximum Gasteiger partial charge on any atom is 0.138 e. The summed E-state index contributed by atoms with van der Waals surface area (Å²) in [5.41, 5.74) is 41.5. The molecule has 702 valence electrons. The molecule has 0 spiro atoms. The normalized spacial score (nSPS) is 11.6. The fourth-order valence-corrected chi connectivity index (χ4v) is 23.0. The molecule has 0 unspecified atom stereocenters. The molecule has 0 N–H and O–H groups in total. The summed E-state index contributed by atoms with van der Waals surface area (Å²) in [6.07, 6.45) is 3.70. The third-order valence-corrected chi connectivity index (χ3v) is 30.1. The van der Waals surface area contributed by atoms with Crippen LogP contribution in [0.4, 0.5) is 0 Å². The molecule has 0 atom stereocenters. The Morgan fingerprint density at radius 3 is 0.600 bits per heavy atom. The van der Waals surface area contributed by atoms with Crippen LogP contribution in [0.15, 0.2) is 570 Å². The Hall–Kier alpha value is -20.1. The van der Waals surface area contributed by atoms with E-state index >= 15 is 0 Å². The summed E-state index contributed by atoms with van der Waals surface area (Å²) in [5, 5.41) is 14.9. The highest BCUT2D eigenvalue weighted by molar-refractivity contribution is 6.17. The number of benzene rings is 22. The number of para-hydroxylation sites is 6. The van der Waals surface area contributed by atoms with Crippen molar-refractivity contribution in [2.45, 2.75) is 0 Å². The van der Waals surface area contributed by atoms with Crippen molar-refractivity contribution in [3.8, 4) is 135 Å². The minimum Gasteiger partial charge on any atom is -0.309 e. The van der Waals surface area contributed by atoms with Crippen LogP contribution in [0.2, 0.25) is 0 Å². The standard InChI is InChI=1S/C48H32N2.2C47H31N3/c1-3-11-33(12-4-1)35-19-25-39(26-20-35)49-45-17-9-7-15-41(45)43-31-37(23-29-47(43)49)38-24-30-48-44(32-38)42-16-8-10-18-46(42)50(48)40-27-21-36(22-28-40)34-13-5-2-6-14-34;1-3-12-32(13-4-1)33-22-26-37(27-23-33)49-43-19-9-7-16-38(43)40-30-35(24-28-45(40)49)36-25-29-46-41(31-36)39-17-8-10-20-44(39)50(46)47-21-11-18-42(48-47)34-14-5-2-6-15-34;1-2-9-32(10-3-1)33-17-21-38(22-18-33)49-44-15-6-4-13-40(44)42-30-36(19-23-46(42)49)37-20-24-47-43(31-37)41-14-5-7-16-45(41)50(47)39-12-8-11-35(29-39)34-25-27-48-28-26-34/h1-32H;2*1-31H. The molecule has 0 aliphatic carbocycles. The minimum atomic E-state index is 0.913. The first-order valence-electron chi connectivity index (χ1n) is 51.3. The smallest absolute Gasteiger partial charge is 0.138 e. The summed E-state index contributed by atoms with van der Waals surface area (Å²) in [4.78, 5) is 9.35. The third-order valence-electron chi connectivity index (χ3n) is 30.1. The number of hydrogen-bond acceptors (Lipinski definition) is 2. The van der Waals surface area contributed by atoms with Gasteiger partial charge in [0.25, 0.3) is 0 Å². The molecule has 30 aromatic rings. The second-order valence-corrected chi connectivity index (χ2v) is 38.7. The number of pyridine rings is 2. The molecule has 0 fully saturated rings. The highest BCUT2D eigenvalue weighted by atomic mass is 15.1. The van der Waals surface area contributed by atoms with E-state index in [0.717, 1.165) is 62.1 Å². The molecule has 150 heavy (non-hydrogen) atoms. The lowest BCUT2D eigenvalue weighted by Gasteiger charge is -2.11. The maximum absolute atomic E-state index is 5.14. The van der Waals surface area contributed by atoms with Crippen LogP contribution in [-0.2, 0) is 0 Å². The fraction of sp³-hybridized carbons (Fsp3) is 0. The molecule has 0 bridgehead atoms. The predicted octanol–water partition coefficient (Wildman–Crippen LogP) is 37.4. The van der Waals surface area contributed by atoms with Gasteiger partial charge in [0.2, 0.25) is 0 Å². The first kappa shape index (κ1) is 87.7. The van der Waals surface area contributed by atoms with Gasteiger partial charge in [0.05, 0.1) is 71.9 Å². The van der Waals surface area contributed by atoms with E-state index in [1.54, 1.807) is 0 Å². The van der Waals surface area contributed by atoms with E-state index in [4.69, 9.17) is 4.98 Å². The van der Waals surface area contributed by atoms with Crippen LogP contribution in [0.3, 0.4) is 0 Å². The number of aromatic nitrogens is 8. The van der Waals surface area contributed by atoms with Crippen LogP contribution in [0.25, 0.3) is 265 Å². The van der Waals surface area contributed by atoms with Crippen molar-refractivity contribution in [1.29, 1.82) is 0 Å². The second-order valence-electron chi connectivity index (χ2n) is 38.7. The van der Waals surface area contributed by atoms with E-state index in [9.17, 15) is 0 Å². The zero-order valence-electron chi connectivity index (χ0n) is 81.8. The van der Waals surface area contributed by atoms with Gasteiger partial charge in [-0.1, -0.05) is 364 Å². The van der Waals surface area contributed by atoms with Crippen LogP contribution in [0, 0.1) is 0 Å². The van der Waals surface area contributed by atoms with Gasteiger partial charge in [0, 0.05) is 111 Å². The highest BCUT2D eigenvalue weighted by Gasteiger charge is 2.24. The Morgan fingerprint density at radius 2 is 0.313 bits per heavy atom. The summed E-state index contributed by atoms with van der Waals surface area (Å²) < 4.78 is 14.2. The molecular weight excluding hydrogens is 1820 g/mol. The summed E-state index contributed by atoms with van der Waals surface area (Å²) in [6, 6.07) is 201. The number of hydrogen-bond donors (Lipinski definition) is 0. The monoisotopic (exact) mass is 1910 g/mol. The maximum atomic E-state index is 5.14. The predicted molar refractivity (Wildman–Crippen MR) is 630 cm³/mol. The summed E-state index contributed by atoms with van der Waals surface area (Å²) in [5.74, 6) is 0.913. The van der Waals surface area contributed by atoms with E-state index in [0.29, 0.717) is 0 Å². The molecule has 8 aromatic heterocycles. The van der Waals surface area contributed by atoms with E-state index < -0.39 is 0 Å². The van der Waals surface area contributed by atoms with E-state index in [-0.39, 0.29) is 0 Å². The minimum absolute atomic E-state index is 0.913. The Kier molecular flexibility index (Phi) is 21.8. The summed E-state index contributed by atoms with van der Waals surface area (Å²) >= 11 is 0. The number of nitrogens with zero attached hydrogens (tertiary/aromatic N) is 8. The van der Waals surface area contributed by atoms with Crippen molar-refractivity contribution in [2.24, 2.45) is 0 Å². The lowest BCUT2D eigenvalue weighted by Crippen LogP contribution is -1.98. The molecule has 30 rings (SSSR count). The average molecular weight is 1910 g/mol. The van der Waals surface area contributed by atoms with Gasteiger partial charge in [0.1, 0.15) is 5.82 Å². The van der Waals surface area contributed by atoms with Gasteiger partial charge in [-0.3, -0.25) is 9.55 Å². The topological polar surface area (TPSA) is 55.4 Å². The Bertz CT molecular complexity index is 9800. The lowest BCUT2D eigenvalue weighted by molar-refractivity contribution is 1.08. The van der Waals surface area contributed by atoms with Gasteiger partial charge < -0.3 is 22.8 Å². The number of fused-ring (bicyclic) bond motifs is 18. The first-order chi connectivity index (χ1) is 74.4. The average Bonchev–Trinajstić information content (AvgIpc) is 1.78. The molecule has 8 heteroatoms. The van der Waals surface area contributed by atoms with Crippen molar-refractivity contribution >= 4 is 131 Å². The third kappa shape index (κ3) is 15.6. The quantitative estimate of drug-likeness (QED) is 0.103. The van der Waals surface area contributed by atoms with Gasteiger partial charge in [-0.25, -0.2) is 4.98 Å². The van der Waals surface area contributed by atoms with Gasteiger partial charge in [-0.05, 0) is 283 Å². The summed E-state index contributed by atoms with van der Waals surface area (Å²) in [7, 11) is 0. The van der Waals surface area contributed by atoms with Crippen LogP contribution in [-0.4, -0.2) is 37.4 Å². The first-order valence-corrected chi connectivity index (χ1v) is 51.3. The largest absolute Gasteiger partial charge is 0.309 e. The zero-order chi connectivity index (χ0) is 99.1. The SMILES string of the molecule is c1ccc(-c2ccc(-n3c4ccccc4c4cc(-c5ccc6c(c5)c5ccccc5n6-c5ccc(-c6ccccc6)cc5)ccc43)cc2)cc1.c1ccc(-c2ccc(-n3c4ccccc4c4cc(-c5ccc6c(c5)c5ccccc5n6-c5cccc(-c6ccccc6)n5)ccc43)cc2)cc1.c1ccc(-c2ccc(-n3c4ccccc4c4cc(-c5ccc6c(c5)c5ccccc5n6-c5cccc(-c6ccncc6)c5)ccc43)cc2)cc1. The Balaban J connectivity index is 0.000000108. The highest BCUT2D eigenvalue weighted by Crippen LogP contribution is 2.46. The molecule has 22 aromatic carbocycles. The Morgan fingerprint density at radius 1 is 0.113 bits per heavy atom. The van der Waals surface area contributed by atoms with Crippen LogP contribution in [0.1, 0.15) is 0 Å². The van der Waals surface area contributed by atoms with Crippen LogP contribution in [0.5, 0.6) is 0 Å². The van der Waals surface area contributed by atoms with Crippen LogP contribution >= 0.6 is 0 Å². The number of rotatable bonds is 15. The van der Waals surface area contributed by atoms with Crippen molar-refractivity contribution < 1.29 is 0 Å². The molecule has 0 aliphatic rings. The molecule has 0 saturated carbocycles. The van der Waals surface area contributed by atoms with Gasteiger partial charge in [-0.15, -0.1) is 0 Å². The van der Waals surface area contributed by atoms with Gasteiger partial charge in [0.15, 0.2) is 0 Å².